The molecule has 2 aromatic rings. The molecule has 1 heterocycles. The summed E-state index contributed by atoms with van der Waals surface area (Å²) < 4.78 is 20.6. The summed E-state index contributed by atoms with van der Waals surface area (Å²) in [7, 11) is 0. The van der Waals surface area contributed by atoms with Crippen LogP contribution in [0, 0.1) is 18.7 Å². The molecule has 1 saturated heterocycles. The number of rotatable bonds is 7. The lowest BCUT2D eigenvalue weighted by atomic mass is 9.83. The summed E-state index contributed by atoms with van der Waals surface area (Å²) in [4.78, 5) is 13.1. The van der Waals surface area contributed by atoms with Crippen LogP contribution in [-0.4, -0.2) is 29.1 Å². The van der Waals surface area contributed by atoms with Gasteiger partial charge in [-0.25, -0.2) is 4.39 Å². The summed E-state index contributed by atoms with van der Waals surface area (Å²) in [5.74, 6) is 0.0977. The van der Waals surface area contributed by atoms with Crippen LogP contribution in [0.3, 0.4) is 0 Å². The summed E-state index contributed by atoms with van der Waals surface area (Å²) in [6.45, 7) is 4.30. The Morgan fingerprint density at radius 2 is 1.83 bits per heavy atom. The fraction of sp³-hybridized carbons (Fsp3) is 0.480. The Morgan fingerprint density at radius 1 is 1.10 bits per heavy atom. The molecule has 1 saturated carbocycles. The van der Waals surface area contributed by atoms with Crippen molar-refractivity contribution >= 4 is 5.97 Å². The number of likely N-dealkylation sites (tertiary alicyclic amines) is 1. The molecule has 0 amide bonds. The molecule has 1 aliphatic heterocycles. The van der Waals surface area contributed by atoms with E-state index in [0.29, 0.717) is 25.6 Å². The molecular formula is C25H30FNO3. The third kappa shape index (κ3) is 4.84. The maximum Gasteiger partial charge on any atom is 0.309 e. The van der Waals surface area contributed by atoms with Gasteiger partial charge >= 0.3 is 5.97 Å². The molecule has 0 unspecified atom stereocenters. The van der Waals surface area contributed by atoms with Crippen LogP contribution in [-0.2, 0) is 17.9 Å². The van der Waals surface area contributed by atoms with Gasteiger partial charge < -0.3 is 9.84 Å². The van der Waals surface area contributed by atoms with Crippen molar-refractivity contribution in [3.05, 3.63) is 64.5 Å². The number of nitrogens with zero attached hydrogens (tertiary/aromatic N) is 1. The quantitative estimate of drug-likeness (QED) is 0.674. The lowest BCUT2D eigenvalue weighted by Crippen LogP contribution is -2.49. The molecule has 4 rings (SSSR count). The van der Waals surface area contributed by atoms with E-state index in [1.807, 2.05) is 31.2 Å². The van der Waals surface area contributed by atoms with Crippen LogP contribution in [0.2, 0.25) is 0 Å². The molecule has 2 aliphatic rings. The first-order valence-corrected chi connectivity index (χ1v) is 11.0. The molecule has 5 heteroatoms. The van der Waals surface area contributed by atoms with Crippen LogP contribution in [0.5, 0.6) is 5.75 Å². The molecule has 0 radical (unpaired) electrons. The minimum atomic E-state index is -0.714. The van der Waals surface area contributed by atoms with E-state index in [0.717, 1.165) is 47.4 Å². The summed E-state index contributed by atoms with van der Waals surface area (Å²) >= 11 is 0. The Hall–Kier alpha value is -2.40. The Labute approximate surface area is 177 Å². The summed E-state index contributed by atoms with van der Waals surface area (Å²) in [6, 6.07) is 11.6. The molecule has 1 N–H and O–H groups in total. The van der Waals surface area contributed by atoms with Crippen LogP contribution in [0.4, 0.5) is 4.39 Å². The van der Waals surface area contributed by atoms with Gasteiger partial charge in [-0.1, -0.05) is 43.5 Å². The van der Waals surface area contributed by atoms with Gasteiger partial charge in [-0.15, -0.1) is 0 Å². The van der Waals surface area contributed by atoms with E-state index in [1.165, 1.54) is 19.3 Å². The van der Waals surface area contributed by atoms with Crippen LogP contribution in [0.25, 0.3) is 0 Å². The van der Waals surface area contributed by atoms with Crippen molar-refractivity contribution in [2.45, 2.75) is 58.1 Å². The number of carboxylic acid groups (broad SMARTS) is 1. The predicted molar refractivity (Wildman–Crippen MR) is 114 cm³/mol. The molecule has 0 bridgehead atoms. The third-order valence-electron chi connectivity index (χ3n) is 6.46. The van der Waals surface area contributed by atoms with Crippen molar-refractivity contribution in [3.8, 4) is 5.75 Å². The highest BCUT2D eigenvalue weighted by molar-refractivity contribution is 5.71. The van der Waals surface area contributed by atoms with Gasteiger partial charge in [-0.3, -0.25) is 9.69 Å². The SMILES string of the molecule is Cc1cc(CN2CC(C(=O)O)C2)ccc1OCc1ccc(C2CCCCC2)c(F)c1. The van der Waals surface area contributed by atoms with Gasteiger partial charge in [0.15, 0.2) is 0 Å². The molecule has 0 aromatic heterocycles. The minimum Gasteiger partial charge on any atom is -0.489 e. The molecule has 0 atom stereocenters. The lowest BCUT2D eigenvalue weighted by Gasteiger charge is -2.36. The average molecular weight is 412 g/mol. The third-order valence-corrected chi connectivity index (χ3v) is 6.46. The fourth-order valence-corrected chi connectivity index (χ4v) is 4.65. The number of ether oxygens (including phenoxy) is 1. The van der Waals surface area contributed by atoms with E-state index in [9.17, 15) is 9.18 Å². The zero-order valence-electron chi connectivity index (χ0n) is 17.6. The van der Waals surface area contributed by atoms with Gasteiger partial charge in [0.05, 0.1) is 5.92 Å². The highest BCUT2D eigenvalue weighted by Gasteiger charge is 2.32. The van der Waals surface area contributed by atoms with Crippen molar-refractivity contribution in [1.29, 1.82) is 0 Å². The topological polar surface area (TPSA) is 49.8 Å². The number of benzene rings is 2. The Morgan fingerprint density at radius 3 is 2.50 bits per heavy atom. The van der Waals surface area contributed by atoms with E-state index >= 15 is 0 Å². The number of carboxylic acids is 1. The second kappa shape index (κ2) is 9.17. The van der Waals surface area contributed by atoms with E-state index < -0.39 is 5.97 Å². The molecule has 0 spiro atoms. The first-order valence-electron chi connectivity index (χ1n) is 11.0. The van der Waals surface area contributed by atoms with E-state index in [-0.39, 0.29) is 11.7 Å². The molecule has 160 valence electrons. The van der Waals surface area contributed by atoms with Gasteiger partial charge in [-0.2, -0.15) is 0 Å². The number of aryl methyl sites for hydroxylation is 1. The Kier molecular flexibility index (Phi) is 6.38. The number of aliphatic carboxylic acids is 1. The standard InChI is InChI=1S/C25H30FNO3/c1-17-11-18(13-27-14-21(15-27)25(28)29)8-10-24(17)30-16-19-7-9-22(23(26)12-19)20-5-3-2-4-6-20/h7-12,20-21H,2-6,13-16H2,1H3,(H,28,29). The maximum absolute atomic E-state index is 14.6. The number of halogens is 1. The molecule has 30 heavy (non-hydrogen) atoms. The monoisotopic (exact) mass is 411 g/mol. The van der Waals surface area contributed by atoms with Crippen molar-refractivity contribution in [3.63, 3.8) is 0 Å². The second-order valence-electron chi connectivity index (χ2n) is 8.81. The van der Waals surface area contributed by atoms with Crippen molar-refractivity contribution < 1.29 is 19.0 Å². The first kappa shape index (κ1) is 20.9. The first-order chi connectivity index (χ1) is 14.5. The molecule has 2 aromatic carbocycles. The zero-order chi connectivity index (χ0) is 21.1. The smallest absolute Gasteiger partial charge is 0.309 e. The molecule has 1 aliphatic carbocycles. The Bertz CT molecular complexity index is 901. The number of carbonyl (C=O) groups is 1. The molecule has 2 fully saturated rings. The highest BCUT2D eigenvalue weighted by Crippen LogP contribution is 2.34. The van der Waals surface area contributed by atoms with Gasteiger partial charge in [0.2, 0.25) is 0 Å². The Balaban J connectivity index is 1.32. The lowest BCUT2D eigenvalue weighted by molar-refractivity contribution is -0.147. The van der Waals surface area contributed by atoms with Crippen LogP contribution in [0.1, 0.15) is 60.3 Å². The van der Waals surface area contributed by atoms with Gasteiger partial charge in [0, 0.05) is 19.6 Å². The minimum absolute atomic E-state index is 0.107. The van der Waals surface area contributed by atoms with Gasteiger partial charge in [0.1, 0.15) is 18.2 Å². The largest absolute Gasteiger partial charge is 0.489 e. The fourth-order valence-electron chi connectivity index (χ4n) is 4.65. The molecule has 4 nitrogen and oxygen atoms in total. The predicted octanol–water partition coefficient (Wildman–Crippen LogP) is 5.28. The van der Waals surface area contributed by atoms with Crippen molar-refractivity contribution in [2.24, 2.45) is 5.92 Å². The van der Waals surface area contributed by atoms with Crippen molar-refractivity contribution in [1.82, 2.24) is 4.90 Å². The van der Waals surface area contributed by atoms with Gasteiger partial charge in [0.25, 0.3) is 0 Å². The van der Waals surface area contributed by atoms with Crippen LogP contribution < -0.4 is 4.74 Å². The van der Waals surface area contributed by atoms with E-state index in [1.54, 1.807) is 6.07 Å². The van der Waals surface area contributed by atoms with E-state index in [4.69, 9.17) is 9.84 Å². The number of hydrogen-bond acceptors (Lipinski definition) is 3. The van der Waals surface area contributed by atoms with Gasteiger partial charge in [-0.05, 0) is 60.1 Å². The maximum atomic E-state index is 14.6. The summed E-state index contributed by atoms with van der Waals surface area (Å²) in [5.41, 5.74) is 3.87. The van der Waals surface area contributed by atoms with Crippen LogP contribution >= 0.6 is 0 Å². The molecular weight excluding hydrogens is 381 g/mol. The highest BCUT2D eigenvalue weighted by atomic mass is 19.1. The summed E-state index contributed by atoms with van der Waals surface area (Å²) in [5, 5.41) is 8.98. The van der Waals surface area contributed by atoms with E-state index in [2.05, 4.69) is 11.0 Å². The number of hydrogen-bond donors (Lipinski definition) is 1. The second-order valence-corrected chi connectivity index (χ2v) is 8.81. The van der Waals surface area contributed by atoms with Crippen LogP contribution in [0.15, 0.2) is 36.4 Å². The zero-order valence-corrected chi connectivity index (χ0v) is 17.6. The van der Waals surface area contributed by atoms with Crippen molar-refractivity contribution in [2.75, 3.05) is 13.1 Å². The average Bonchev–Trinajstić information content (AvgIpc) is 2.70. The summed E-state index contributed by atoms with van der Waals surface area (Å²) in [6.07, 6.45) is 5.84. The normalized spacial score (nSPS) is 18.2.